The fourth-order valence-electron chi connectivity index (χ4n) is 7.92. The summed E-state index contributed by atoms with van der Waals surface area (Å²) in [7, 11) is 0. The minimum absolute atomic E-state index is 0.0142. The van der Waals surface area contributed by atoms with Crippen LogP contribution in [0.5, 0.6) is 0 Å². The minimum Gasteiger partial charge on any atom is -0.445 e. The molecule has 0 saturated carbocycles. The lowest BCUT2D eigenvalue weighted by Crippen LogP contribution is -2.48. The monoisotopic (exact) mass is 761 g/mol. The molecule has 4 atom stereocenters. The van der Waals surface area contributed by atoms with Crippen LogP contribution < -0.4 is 5.32 Å². The van der Waals surface area contributed by atoms with Crippen molar-refractivity contribution < 1.29 is 43.2 Å². The van der Waals surface area contributed by atoms with Crippen molar-refractivity contribution in [3.8, 4) is 11.1 Å². The van der Waals surface area contributed by atoms with Crippen molar-refractivity contribution in [3.05, 3.63) is 131 Å². The van der Waals surface area contributed by atoms with Gasteiger partial charge >= 0.3 is 6.09 Å². The van der Waals surface area contributed by atoms with Crippen LogP contribution in [0.25, 0.3) is 11.1 Å². The third-order valence-electron chi connectivity index (χ3n) is 11.0. The summed E-state index contributed by atoms with van der Waals surface area (Å²) in [5, 5.41) is 12.1. The largest absolute Gasteiger partial charge is 0.445 e. The number of rotatable bonds is 11. The Morgan fingerprint density at radius 3 is 2.25 bits per heavy atom. The van der Waals surface area contributed by atoms with Gasteiger partial charge in [0.05, 0.1) is 45.0 Å². The number of benzene rings is 4. The van der Waals surface area contributed by atoms with Crippen LogP contribution in [0.2, 0.25) is 0 Å². The van der Waals surface area contributed by atoms with Crippen molar-refractivity contribution >= 4 is 17.9 Å². The van der Waals surface area contributed by atoms with Crippen molar-refractivity contribution in [3.63, 3.8) is 0 Å². The lowest BCUT2D eigenvalue weighted by molar-refractivity contribution is -0.255. The van der Waals surface area contributed by atoms with Gasteiger partial charge in [-0.05, 0) is 39.4 Å². The molecule has 12 heteroatoms. The molecule has 12 nitrogen and oxygen atoms in total. The van der Waals surface area contributed by atoms with E-state index in [1.54, 1.807) is 0 Å². The highest BCUT2D eigenvalue weighted by atomic mass is 16.7. The maximum absolute atomic E-state index is 13.2. The molecule has 8 rings (SSSR count). The molecule has 292 valence electrons. The number of amides is 3. The molecule has 4 aromatic carbocycles. The van der Waals surface area contributed by atoms with E-state index in [0.29, 0.717) is 19.6 Å². The topological polar surface area (TPSA) is 136 Å². The molecule has 3 amide bonds. The van der Waals surface area contributed by atoms with E-state index >= 15 is 0 Å². The zero-order valence-corrected chi connectivity index (χ0v) is 31.2. The molecule has 4 heterocycles. The summed E-state index contributed by atoms with van der Waals surface area (Å²) >= 11 is 0. The van der Waals surface area contributed by atoms with Gasteiger partial charge in [-0.1, -0.05) is 97.1 Å². The summed E-state index contributed by atoms with van der Waals surface area (Å²) in [6.45, 7) is 3.96. The van der Waals surface area contributed by atoms with Gasteiger partial charge in [0.1, 0.15) is 12.6 Å². The third-order valence-corrected chi connectivity index (χ3v) is 11.0. The number of hydrogen-bond acceptors (Lipinski definition) is 10. The number of aliphatic hydroxyl groups excluding tert-OH is 1. The second-order valence-corrected chi connectivity index (χ2v) is 14.9. The predicted molar refractivity (Wildman–Crippen MR) is 204 cm³/mol. The molecule has 4 aliphatic rings. The van der Waals surface area contributed by atoms with Crippen molar-refractivity contribution in [1.82, 2.24) is 15.1 Å². The fraction of sp³-hybridized carbons (Fsp3) is 0.386. The number of piperidine rings is 1. The van der Waals surface area contributed by atoms with Crippen LogP contribution in [0, 0.1) is 0 Å². The van der Waals surface area contributed by atoms with Crippen LogP contribution in [-0.2, 0) is 53.0 Å². The number of nitrogens with one attached hydrogen (secondary N) is 1. The minimum atomic E-state index is -0.974. The average Bonchev–Trinajstić information content (AvgIpc) is 3.80. The van der Waals surface area contributed by atoms with Crippen LogP contribution in [0.1, 0.15) is 65.9 Å². The maximum atomic E-state index is 13.2. The molecule has 2 N–H and O–H groups in total. The van der Waals surface area contributed by atoms with Gasteiger partial charge in [0, 0.05) is 44.5 Å². The number of ether oxygens (including phenoxy) is 5. The van der Waals surface area contributed by atoms with Gasteiger partial charge in [0.2, 0.25) is 5.91 Å². The molecule has 0 bridgehead atoms. The number of alkyl carbamates (subject to hydrolysis) is 1. The summed E-state index contributed by atoms with van der Waals surface area (Å²) in [5.41, 5.74) is 6.27. The van der Waals surface area contributed by atoms with Crippen LogP contribution in [0.4, 0.5) is 4.79 Å². The number of hydrogen-bond donors (Lipinski definition) is 2. The Labute approximate surface area is 326 Å². The fourth-order valence-corrected chi connectivity index (χ4v) is 7.92. The maximum Gasteiger partial charge on any atom is 0.408 e. The number of aliphatic hydroxyl groups is 1. The Balaban J connectivity index is 0.910. The zero-order valence-electron chi connectivity index (χ0n) is 31.2. The van der Waals surface area contributed by atoms with Crippen LogP contribution in [-0.4, -0.2) is 83.6 Å². The van der Waals surface area contributed by atoms with Gasteiger partial charge < -0.3 is 39.0 Å². The number of imide groups is 1. The van der Waals surface area contributed by atoms with Crippen LogP contribution in [0.15, 0.2) is 103 Å². The molecule has 4 aliphatic heterocycles. The Morgan fingerprint density at radius 1 is 0.804 bits per heavy atom. The van der Waals surface area contributed by atoms with E-state index in [9.17, 15) is 19.5 Å². The molecule has 1 spiro atoms. The first kappa shape index (κ1) is 37.9. The number of carbonyl (C=O) groups excluding carboxylic acids is 3. The first-order valence-electron chi connectivity index (χ1n) is 19.3. The Hall–Kier alpha value is -4.95. The molecule has 56 heavy (non-hydrogen) atoms. The predicted octanol–water partition coefficient (Wildman–Crippen LogP) is 5.78. The van der Waals surface area contributed by atoms with E-state index in [2.05, 4.69) is 10.2 Å². The van der Waals surface area contributed by atoms with Crippen molar-refractivity contribution in [2.24, 2.45) is 0 Å². The zero-order chi connectivity index (χ0) is 38.5. The normalized spacial score (nSPS) is 23.8. The number of likely N-dealkylation sites (tertiary alicyclic amines) is 2. The number of nitrogens with zero attached hydrogens (tertiary/aromatic N) is 2. The average molecular weight is 762 g/mol. The lowest BCUT2D eigenvalue weighted by Gasteiger charge is -2.41. The highest BCUT2D eigenvalue weighted by Gasteiger charge is 2.42. The first-order valence-corrected chi connectivity index (χ1v) is 19.3. The van der Waals surface area contributed by atoms with Gasteiger partial charge in [-0.2, -0.15) is 0 Å². The van der Waals surface area contributed by atoms with E-state index < -0.39 is 30.1 Å². The SMILES string of the molecule is O=C(NC1CC(=O)N(Cc2cccc(-c3ccc([C@H]4O[C@@H](CN5CCC6(CC5)OCCO6)C[C@@H](c5ccc(CO)cc5)O4)cc3)c2)C1=O)OCc1ccccc1. The molecule has 4 saturated heterocycles. The second-order valence-electron chi connectivity index (χ2n) is 14.9. The van der Waals surface area contributed by atoms with Crippen LogP contribution >= 0.6 is 0 Å². The summed E-state index contributed by atoms with van der Waals surface area (Å²) in [6.07, 6.45) is 0.660. The van der Waals surface area contributed by atoms with Crippen molar-refractivity contribution in [1.29, 1.82) is 0 Å². The highest BCUT2D eigenvalue weighted by molar-refractivity contribution is 6.06. The Kier molecular flexibility index (Phi) is 11.6. The van der Waals surface area contributed by atoms with Gasteiger partial charge in [-0.3, -0.25) is 14.5 Å². The molecule has 1 unspecified atom stereocenters. The molecule has 4 fully saturated rings. The Bertz CT molecular complexity index is 1980. The summed E-state index contributed by atoms with van der Waals surface area (Å²) in [6, 6.07) is 32.0. The molecule has 0 radical (unpaired) electrons. The number of carbonyl (C=O) groups is 3. The van der Waals surface area contributed by atoms with Gasteiger partial charge in [-0.15, -0.1) is 0 Å². The lowest BCUT2D eigenvalue weighted by atomic mass is 9.98. The molecule has 0 aliphatic carbocycles. The third kappa shape index (κ3) is 8.86. The standard InChI is InChI=1S/C44H47N3O9/c48-28-30-9-11-34(12-10-30)39-24-37(27-46-19-17-44(18-20-46)53-21-22-54-44)55-42(56-39)35-15-13-33(14-16-35)36-8-4-7-32(23-36)26-47-40(49)25-38(41(47)50)45-43(51)52-29-31-5-2-1-3-6-31/h1-16,23,37-39,42,48H,17-22,24-29H2,(H,45,51)/t37-,38?,39+,42+/m1/s1. The van der Waals surface area contributed by atoms with E-state index in [4.69, 9.17) is 23.7 Å². The van der Waals surface area contributed by atoms with Crippen molar-refractivity contribution in [2.75, 3.05) is 32.8 Å². The summed E-state index contributed by atoms with van der Waals surface area (Å²) < 4.78 is 30.4. The molecular weight excluding hydrogens is 714 g/mol. The molecule has 4 aromatic rings. The quantitative estimate of drug-likeness (QED) is 0.181. The van der Waals surface area contributed by atoms with E-state index in [1.807, 2.05) is 103 Å². The molecular formula is C44H47N3O9. The summed E-state index contributed by atoms with van der Waals surface area (Å²) in [5.74, 6) is -1.25. The van der Waals surface area contributed by atoms with E-state index in [1.165, 1.54) is 4.90 Å². The smallest absolute Gasteiger partial charge is 0.408 e. The molecule has 0 aromatic heterocycles. The Morgan fingerprint density at radius 2 is 1.52 bits per heavy atom. The highest BCUT2D eigenvalue weighted by Crippen LogP contribution is 2.40. The van der Waals surface area contributed by atoms with Gasteiger partial charge in [0.15, 0.2) is 12.1 Å². The van der Waals surface area contributed by atoms with Crippen LogP contribution in [0.3, 0.4) is 0 Å². The van der Waals surface area contributed by atoms with Crippen molar-refractivity contribution in [2.45, 2.75) is 75.8 Å². The first-order chi connectivity index (χ1) is 27.3. The van der Waals surface area contributed by atoms with Gasteiger partial charge in [-0.25, -0.2) is 4.79 Å². The second kappa shape index (κ2) is 17.0. The van der Waals surface area contributed by atoms with Gasteiger partial charge in [0.25, 0.3) is 5.91 Å². The van der Waals surface area contributed by atoms with E-state index in [0.717, 1.165) is 71.4 Å². The van der Waals surface area contributed by atoms with E-state index in [-0.39, 0.29) is 44.3 Å². The summed E-state index contributed by atoms with van der Waals surface area (Å²) in [4.78, 5) is 42.1.